The summed E-state index contributed by atoms with van der Waals surface area (Å²) in [6.07, 6.45) is 10.7. The quantitative estimate of drug-likeness (QED) is 0.503. The molecule has 1 saturated heterocycles. The number of rotatable bonds is 5. The maximum Gasteiger partial charge on any atom is 0.180 e. The minimum Gasteiger partial charge on any atom is -0.327 e. The molecule has 0 spiro atoms. The van der Waals surface area contributed by atoms with Crippen LogP contribution in [-0.2, 0) is 6.54 Å². The van der Waals surface area contributed by atoms with Gasteiger partial charge in [0.15, 0.2) is 11.5 Å². The summed E-state index contributed by atoms with van der Waals surface area (Å²) in [6, 6.07) is 0. The van der Waals surface area contributed by atoms with Gasteiger partial charge in [-0.1, -0.05) is 25.2 Å². The van der Waals surface area contributed by atoms with Gasteiger partial charge in [-0.15, -0.1) is 0 Å². The van der Waals surface area contributed by atoms with Gasteiger partial charge in [0.05, 0.1) is 36.5 Å². The summed E-state index contributed by atoms with van der Waals surface area (Å²) in [7, 11) is 0. The van der Waals surface area contributed by atoms with Gasteiger partial charge in [-0.25, -0.2) is 15.0 Å². The molecule has 5 rings (SSSR count). The van der Waals surface area contributed by atoms with E-state index >= 15 is 0 Å². The van der Waals surface area contributed by atoms with Crippen LogP contribution in [0.3, 0.4) is 0 Å². The molecule has 2 N–H and O–H groups in total. The van der Waals surface area contributed by atoms with Gasteiger partial charge in [0.25, 0.3) is 0 Å². The summed E-state index contributed by atoms with van der Waals surface area (Å²) in [5, 5.41) is 12.5. The largest absolute Gasteiger partial charge is 0.327 e. The average Bonchev–Trinajstić information content (AvgIpc) is 3.41. The minimum absolute atomic E-state index is 0.736. The fourth-order valence-corrected chi connectivity index (χ4v) is 5.33. The third kappa shape index (κ3) is 3.82. The predicted molar refractivity (Wildman–Crippen MR) is 119 cm³/mol. The summed E-state index contributed by atoms with van der Waals surface area (Å²) in [5.74, 6) is 2.24. The van der Waals surface area contributed by atoms with Crippen molar-refractivity contribution in [3.05, 3.63) is 41.7 Å². The van der Waals surface area contributed by atoms with Crippen molar-refractivity contribution in [3.63, 3.8) is 0 Å². The first kappa shape index (κ1) is 19.2. The van der Waals surface area contributed by atoms with Gasteiger partial charge >= 0.3 is 0 Å². The fourth-order valence-electron chi connectivity index (χ4n) is 4.47. The summed E-state index contributed by atoms with van der Waals surface area (Å²) in [6.45, 7) is 9.88. The SMILES string of the molecule is Cc1cn2c(-c3cn[nH]c3)cnc2c(Nc2cnc(CN3CC(C)CC(C)C3)s2)n1. The van der Waals surface area contributed by atoms with Crippen LogP contribution < -0.4 is 5.32 Å². The number of aromatic amines is 1. The van der Waals surface area contributed by atoms with Crippen LogP contribution in [-0.4, -0.2) is 47.5 Å². The minimum atomic E-state index is 0.736. The Morgan fingerprint density at radius 3 is 2.77 bits per heavy atom. The molecule has 1 aliphatic heterocycles. The fraction of sp³-hybridized carbons (Fsp3) is 0.429. The number of H-pyrrole nitrogens is 1. The number of likely N-dealkylation sites (tertiary alicyclic amines) is 1. The molecule has 30 heavy (non-hydrogen) atoms. The number of nitrogens with zero attached hydrogens (tertiary/aromatic N) is 6. The molecule has 2 unspecified atom stereocenters. The number of aryl methyl sites for hydroxylation is 1. The van der Waals surface area contributed by atoms with Gasteiger partial charge in [-0.05, 0) is 25.2 Å². The highest BCUT2D eigenvalue weighted by Crippen LogP contribution is 2.29. The molecule has 0 saturated carbocycles. The van der Waals surface area contributed by atoms with Crippen LogP contribution in [0, 0.1) is 18.8 Å². The Morgan fingerprint density at radius 1 is 1.17 bits per heavy atom. The molecule has 0 radical (unpaired) electrons. The molecule has 2 atom stereocenters. The molecule has 156 valence electrons. The van der Waals surface area contributed by atoms with Crippen LogP contribution in [0.25, 0.3) is 16.9 Å². The Labute approximate surface area is 179 Å². The first-order valence-corrected chi connectivity index (χ1v) is 11.1. The number of imidazole rings is 1. The highest BCUT2D eigenvalue weighted by molar-refractivity contribution is 7.15. The molecular weight excluding hydrogens is 396 g/mol. The summed E-state index contributed by atoms with van der Waals surface area (Å²) in [4.78, 5) is 16.5. The number of fused-ring (bicyclic) bond motifs is 1. The van der Waals surface area contributed by atoms with Crippen LogP contribution in [0.15, 0.2) is 31.0 Å². The van der Waals surface area contributed by atoms with E-state index in [0.29, 0.717) is 0 Å². The Bertz CT molecular complexity index is 1140. The van der Waals surface area contributed by atoms with E-state index < -0.39 is 0 Å². The van der Waals surface area contributed by atoms with Crippen LogP contribution in [0.1, 0.15) is 31.0 Å². The lowest BCUT2D eigenvalue weighted by Gasteiger charge is -2.34. The highest BCUT2D eigenvalue weighted by atomic mass is 32.1. The van der Waals surface area contributed by atoms with E-state index in [0.717, 1.165) is 69.9 Å². The van der Waals surface area contributed by atoms with Crippen LogP contribution in [0.4, 0.5) is 10.8 Å². The highest BCUT2D eigenvalue weighted by Gasteiger charge is 2.22. The Hall–Kier alpha value is -2.78. The monoisotopic (exact) mass is 422 g/mol. The predicted octanol–water partition coefficient (Wildman–Crippen LogP) is 4.11. The number of anilines is 2. The van der Waals surface area contributed by atoms with Crippen LogP contribution in [0.5, 0.6) is 0 Å². The lowest BCUT2D eigenvalue weighted by molar-refractivity contribution is 0.134. The molecule has 0 aliphatic carbocycles. The zero-order valence-electron chi connectivity index (χ0n) is 17.5. The van der Waals surface area contributed by atoms with Crippen molar-refractivity contribution < 1.29 is 0 Å². The molecule has 0 amide bonds. The molecule has 8 nitrogen and oxygen atoms in total. The van der Waals surface area contributed by atoms with E-state index in [-0.39, 0.29) is 0 Å². The molecule has 5 heterocycles. The topological polar surface area (TPSA) is 87.0 Å². The molecule has 0 bridgehead atoms. The molecule has 0 aromatic carbocycles. The van der Waals surface area contributed by atoms with Gasteiger partial charge < -0.3 is 5.32 Å². The molecule has 1 aliphatic rings. The summed E-state index contributed by atoms with van der Waals surface area (Å²) in [5.41, 5.74) is 3.66. The van der Waals surface area contributed by atoms with E-state index in [9.17, 15) is 0 Å². The van der Waals surface area contributed by atoms with E-state index in [4.69, 9.17) is 0 Å². The smallest absolute Gasteiger partial charge is 0.180 e. The van der Waals surface area contributed by atoms with Crippen molar-refractivity contribution in [1.82, 2.24) is 34.4 Å². The maximum atomic E-state index is 4.69. The Morgan fingerprint density at radius 2 is 2.00 bits per heavy atom. The molecule has 1 fully saturated rings. The number of nitrogens with one attached hydrogen (secondary N) is 2. The maximum absolute atomic E-state index is 4.69. The van der Waals surface area contributed by atoms with Gasteiger partial charge in [0.1, 0.15) is 10.0 Å². The standard InChI is InChI=1S/C21H26N8S/c1-13-4-14(2)10-28(9-13)12-19-22-8-18(30-19)27-20-21-23-7-17(16-5-24-25-6-16)29(21)11-15(3)26-20/h5-8,11,13-14H,4,9-10,12H2,1-3H3,(H,24,25)(H,26,27). The third-order valence-electron chi connectivity index (χ3n) is 5.51. The van der Waals surface area contributed by atoms with Crippen molar-refractivity contribution >= 4 is 27.8 Å². The second-order valence-electron chi connectivity index (χ2n) is 8.44. The van der Waals surface area contributed by atoms with Crippen molar-refractivity contribution in [3.8, 4) is 11.3 Å². The van der Waals surface area contributed by atoms with Crippen molar-refractivity contribution in [2.45, 2.75) is 33.7 Å². The number of aromatic nitrogens is 6. The number of piperidine rings is 1. The summed E-state index contributed by atoms with van der Waals surface area (Å²) < 4.78 is 2.05. The number of hydrogen-bond donors (Lipinski definition) is 2. The first-order valence-electron chi connectivity index (χ1n) is 10.3. The van der Waals surface area contributed by atoms with E-state index in [1.807, 2.05) is 36.1 Å². The normalized spacial score (nSPS) is 20.1. The Kier molecular flexibility index (Phi) is 5.00. The van der Waals surface area contributed by atoms with Crippen molar-refractivity contribution in [2.75, 3.05) is 18.4 Å². The molecular formula is C21H26N8S. The van der Waals surface area contributed by atoms with Gasteiger partial charge in [0.2, 0.25) is 0 Å². The van der Waals surface area contributed by atoms with E-state index in [1.165, 1.54) is 6.42 Å². The zero-order valence-corrected chi connectivity index (χ0v) is 18.3. The van der Waals surface area contributed by atoms with Gasteiger partial charge in [-0.3, -0.25) is 14.4 Å². The third-order valence-corrected chi connectivity index (χ3v) is 6.40. The lowest BCUT2D eigenvalue weighted by atomic mass is 9.92. The van der Waals surface area contributed by atoms with E-state index in [1.54, 1.807) is 17.5 Å². The van der Waals surface area contributed by atoms with Crippen LogP contribution >= 0.6 is 11.3 Å². The second-order valence-corrected chi connectivity index (χ2v) is 9.55. The molecule has 4 aromatic heterocycles. The van der Waals surface area contributed by atoms with Crippen molar-refractivity contribution in [2.24, 2.45) is 11.8 Å². The summed E-state index contributed by atoms with van der Waals surface area (Å²) >= 11 is 1.69. The second kappa shape index (κ2) is 7.81. The first-order chi connectivity index (χ1) is 14.5. The number of thiazole rings is 1. The Balaban J connectivity index is 1.37. The van der Waals surface area contributed by atoms with Gasteiger partial charge in [-0.2, -0.15) is 5.10 Å². The van der Waals surface area contributed by atoms with E-state index in [2.05, 4.69) is 49.2 Å². The molecule has 4 aromatic rings. The average molecular weight is 423 g/mol. The van der Waals surface area contributed by atoms with Gasteiger partial charge in [0, 0.05) is 31.0 Å². The number of hydrogen-bond acceptors (Lipinski definition) is 7. The lowest BCUT2D eigenvalue weighted by Crippen LogP contribution is -2.38. The zero-order chi connectivity index (χ0) is 20.7. The van der Waals surface area contributed by atoms with Crippen molar-refractivity contribution in [1.29, 1.82) is 0 Å². The van der Waals surface area contributed by atoms with Crippen LogP contribution in [0.2, 0.25) is 0 Å². The molecule has 9 heteroatoms.